The van der Waals surface area contributed by atoms with Crippen molar-refractivity contribution in [2.45, 2.75) is 18.6 Å². The molecule has 1 aliphatic heterocycles. The molecule has 1 amide bonds. The Kier molecular flexibility index (Phi) is 6.98. The molecule has 134 valence electrons. The highest BCUT2D eigenvalue weighted by Crippen LogP contribution is 2.29. The van der Waals surface area contributed by atoms with Gasteiger partial charge in [0, 0.05) is 38.7 Å². The average Bonchev–Trinajstić information content (AvgIpc) is 2.58. The first kappa shape index (κ1) is 19.1. The molecule has 24 heavy (non-hydrogen) atoms. The third-order valence-electron chi connectivity index (χ3n) is 4.23. The summed E-state index contributed by atoms with van der Waals surface area (Å²) in [7, 11) is 3.14. The lowest BCUT2D eigenvalue weighted by atomic mass is 10.0. The van der Waals surface area contributed by atoms with Crippen LogP contribution in [0.5, 0.6) is 5.75 Å². The number of amides is 1. The fraction of sp³-hybridized carbons (Fsp3) is 0.562. The van der Waals surface area contributed by atoms with Gasteiger partial charge in [-0.15, -0.1) is 11.6 Å². The molecule has 1 aromatic rings. The van der Waals surface area contributed by atoms with Crippen molar-refractivity contribution in [2.75, 3.05) is 45.5 Å². The Morgan fingerprint density at radius 3 is 2.83 bits per heavy atom. The lowest BCUT2D eigenvalue weighted by Crippen LogP contribution is -2.55. The fourth-order valence-electron chi connectivity index (χ4n) is 2.87. The van der Waals surface area contributed by atoms with E-state index in [2.05, 4.69) is 10.2 Å². The van der Waals surface area contributed by atoms with Crippen LogP contribution in [-0.2, 0) is 4.74 Å². The second-order valence-electron chi connectivity index (χ2n) is 5.71. The van der Waals surface area contributed by atoms with Gasteiger partial charge in [0.15, 0.2) is 0 Å². The van der Waals surface area contributed by atoms with Crippen LogP contribution in [0.3, 0.4) is 0 Å². The van der Waals surface area contributed by atoms with Crippen LogP contribution in [0.2, 0.25) is 5.02 Å². The Hall–Kier alpha value is -1.21. The predicted octanol–water partition coefficient (Wildman–Crippen LogP) is 1.99. The standard InChI is InChI=1S/C16H23Cl2N3O3/c1-23-14-8-12(19)11(18)7-10(14)16(22)20-13-3-5-21(6-4-17)9-15(13)24-2/h7-8,13,15H,3-6,9,19H2,1-2H3,(H,20,22)/t13-,15+/m1/s1. The number of likely N-dealkylation sites (tertiary alicyclic amines) is 1. The fourth-order valence-corrected chi connectivity index (χ4v) is 3.27. The molecule has 1 saturated heterocycles. The number of benzene rings is 1. The molecule has 2 rings (SSSR count). The maximum Gasteiger partial charge on any atom is 0.255 e. The number of carbonyl (C=O) groups excluding carboxylic acids is 1. The molecule has 1 heterocycles. The van der Waals surface area contributed by atoms with Gasteiger partial charge in [0.25, 0.3) is 5.91 Å². The molecule has 0 unspecified atom stereocenters. The number of piperidine rings is 1. The molecule has 2 atom stereocenters. The summed E-state index contributed by atoms with van der Waals surface area (Å²) in [5.41, 5.74) is 6.48. The Morgan fingerprint density at radius 2 is 2.21 bits per heavy atom. The molecule has 0 radical (unpaired) electrons. The average molecular weight is 376 g/mol. The Balaban J connectivity index is 2.10. The number of rotatable bonds is 6. The third-order valence-corrected chi connectivity index (χ3v) is 4.72. The van der Waals surface area contributed by atoms with E-state index in [1.165, 1.54) is 13.2 Å². The number of nitrogen functional groups attached to an aromatic ring is 1. The maximum atomic E-state index is 12.6. The number of halogens is 2. The highest BCUT2D eigenvalue weighted by atomic mass is 35.5. The number of methoxy groups -OCH3 is 2. The normalized spacial score (nSPS) is 21.5. The monoisotopic (exact) mass is 375 g/mol. The maximum absolute atomic E-state index is 12.6. The van der Waals surface area contributed by atoms with Crippen LogP contribution in [0.4, 0.5) is 5.69 Å². The van der Waals surface area contributed by atoms with Crippen molar-refractivity contribution in [1.29, 1.82) is 0 Å². The van der Waals surface area contributed by atoms with E-state index in [-0.39, 0.29) is 18.1 Å². The first-order valence-electron chi connectivity index (χ1n) is 7.75. The van der Waals surface area contributed by atoms with Crippen LogP contribution < -0.4 is 15.8 Å². The number of nitrogens with zero attached hydrogens (tertiary/aromatic N) is 1. The minimum Gasteiger partial charge on any atom is -0.496 e. The third kappa shape index (κ3) is 4.45. The van der Waals surface area contributed by atoms with Crippen LogP contribution in [0.25, 0.3) is 0 Å². The second kappa shape index (κ2) is 8.76. The predicted molar refractivity (Wildman–Crippen MR) is 96.2 cm³/mol. The van der Waals surface area contributed by atoms with Gasteiger partial charge >= 0.3 is 0 Å². The second-order valence-corrected chi connectivity index (χ2v) is 6.49. The molecule has 1 fully saturated rings. The number of carbonyl (C=O) groups is 1. The van der Waals surface area contributed by atoms with Gasteiger partial charge in [-0.2, -0.15) is 0 Å². The first-order valence-corrected chi connectivity index (χ1v) is 8.66. The van der Waals surface area contributed by atoms with Gasteiger partial charge in [-0.3, -0.25) is 9.69 Å². The van der Waals surface area contributed by atoms with E-state index in [4.69, 9.17) is 38.4 Å². The number of nitrogens with two attached hydrogens (primary N) is 1. The van der Waals surface area contributed by atoms with Gasteiger partial charge in [-0.25, -0.2) is 0 Å². The largest absolute Gasteiger partial charge is 0.496 e. The molecule has 0 aromatic heterocycles. The Labute approximate surface area is 152 Å². The summed E-state index contributed by atoms with van der Waals surface area (Å²) in [5.74, 6) is 0.712. The molecule has 0 saturated carbocycles. The zero-order chi connectivity index (χ0) is 17.7. The van der Waals surface area contributed by atoms with E-state index in [0.29, 0.717) is 27.9 Å². The van der Waals surface area contributed by atoms with Crippen molar-refractivity contribution in [2.24, 2.45) is 0 Å². The van der Waals surface area contributed by atoms with E-state index in [1.807, 2.05) is 0 Å². The number of alkyl halides is 1. The molecule has 0 aliphatic carbocycles. The molecule has 0 bridgehead atoms. The summed E-state index contributed by atoms with van der Waals surface area (Å²) in [5, 5.41) is 3.34. The van der Waals surface area contributed by atoms with Crippen molar-refractivity contribution < 1.29 is 14.3 Å². The van der Waals surface area contributed by atoms with Gasteiger partial charge in [0.1, 0.15) is 5.75 Å². The van der Waals surface area contributed by atoms with Crippen molar-refractivity contribution in [3.05, 3.63) is 22.7 Å². The molecule has 0 spiro atoms. The molecular weight excluding hydrogens is 353 g/mol. The lowest BCUT2D eigenvalue weighted by molar-refractivity contribution is 0.00825. The van der Waals surface area contributed by atoms with Gasteiger partial charge in [-0.1, -0.05) is 11.6 Å². The number of hydrogen-bond acceptors (Lipinski definition) is 5. The number of nitrogens with one attached hydrogen (secondary N) is 1. The molecule has 8 heteroatoms. The molecule has 1 aromatic carbocycles. The summed E-state index contributed by atoms with van der Waals surface area (Å²) in [6, 6.07) is 2.99. The van der Waals surface area contributed by atoms with Gasteiger partial charge in [0.2, 0.25) is 0 Å². The zero-order valence-corrected chi connectivity index (χ0v) is 15.4. The number of ether oxygens (including phenoxy) is 2. The van der Waals surface area contributed by atoms with E-state index >= 15 is 0 Å². The summed E-state index contributed by atoms with van der Waals surface area (Å²) in [6.07, 6.45) is 0.688. The van der Waals surface area contributed by atoms with Gasteiger partial charge in [-0.05, 0) is 12.5 Å². The van der Waals surface area contributed by atoms with Crippen LogP contribution in [0.15, 0.2) is 12.1 Å². The summed E-state index contributed by atoms with van der Waals surface area (Å²) in [6.45, 7) is 2.40. The van der Waals surface area contributed by atoms with Crippen LogP contribution in [-0.4, -0.2) is 62.7 Å². The van der Waals surface area contributed by atoms with E-state index in [0.717, 1.165) is 26.1 Å². The minimum atomic E-state index is -0.258. The van der Waals surface area contributed by atoms with Crippen molar-refractivity contribution >= 4 is 34.8 Å². The molecule has 3 N–H and O–H groups in total. The van der Waals surface area contributed by atoms with Crippen LogP contribution in [0.1, 0.15) is 16.8 Å². The molecule has 1 aliphatic rings. The first-order chi connectivity index (χ1) is 11.5. The minimum absolute atomic E-state index is 0.0879. The topological polar surface area (TPSA) is 76.8 Å². The quantitative estimate of drug-likeness (QED) is 0.587. The highest BCUT2D eigenvalue weighted by Gasteiger charge is 2.31. The van der Waals surface area contributed by atoms with Crippen molar-refractivity contribution in [1.82, 2.24) is 10.2 Å². The van der Waals surface area contributed by atoms with E-state index in [9.17, 15) is 4.79 Å². The van der Waals surface area contributed by atoms with Gasteiger partial charge < -0.3 is 20.5 Å². The Morgan fingerprint density at radius 1 is 1.46 bits per heavy atom. The highest BCUT2D eigenvalue weighted by molar-refractivity contribution is 6.33. The number of hydrogen-bond donors (Lipinski definition) is 2. The number of anilines is 1. The molecular formula is C16H23Cl2N3O3. The van der Waals surface area contributed by atoms with Gasteiger partial charge in [0.05, 0.1) is 35.5 Å². The lowest BCUT2D eigenvalue weighted by Gasteiger charge is -2.37. The van der Waals surface area contributed by atoms with E-state index < -0.39 is 0 Å². The summed E-state index contributed by atoms with van der Waals surface area (Å²) in [4.78, 5) is 14.9. The van der Waals surface area contributed by atoms with Crippen molar-refractivity contribution in [3.8, 4) is 5.75 Å². The summed E-state index contributed by atoms with van der Waals surface area (Å²) < 4.78 is 10.8. The van der Waals surface area contributed by atoms with Crippen LogP contribution >= 0.6 is 23.2 Å². The van der Waals surface area contributed by atoms with E-state index in [1.54, 1.807) is 13.2 Å². The smallest absolute Gasteiger partial charge is 0.255 e. The summed E-state index contributed by atoms with van der Waals surface area (Å²) >= 11 is 11.8. The Bertz CT molecular complexity index is 586. The SMILES string of the molecule is COc1cc(N)c(Cl)cc1C(=O)N[C@@H]1CCN(CCCl)C[C@@H]1OC. The van der Waals surface area contributed by atoms with Crippen molar-refractivity contribution in [3.63, 3.8) is 0 Å². The zero-order valence-electron chi connectivity index (χ0n) is 13.9. The molecule has 6 nitrogen and oxygen atoms in total. The van der Waals surface area contributed by atoms with Crippen LogP contribution in [0, 0.1) is 0 Å².